The summed E-state index contributed by atoms with van der Waals surface area (Å²) in [4.78, 5) is 4.11. The molecule has 2 aromatic carbocycles. The van der Waals surface area contributed by atoms with Gasteiger partial charge in [0.1, 0.15) is 0 Å². The van der Waals surface area contributed by atoms with E-state index >= 15 is 0 Å². The minimum Gasteiger partial charge on any atom is -0.315 e. The zero-order chi connectivity index (χ0) is 17.4. The van der Waals surface area contributed by atoms with E-state index in [2.05, 4.69) is 4.98 Å². The van der Waals surface area contributed by atoms with Gasteiger partial charge in [0.25, 0.3) is 0 Å². The molecule has 124 valence electrons. The van der Waals surface area contributed by atoms with Crippen LogP contribution in [0.4, 0.5) is 13.2 Å². The van der Waals surface area contributed by atoms with Gasteiger partial charge in [0.05, 0.1) is 23.0 Å². The second-order valence-electron chi connectivity index (χ2n) is 5.71. The molecule has 0 saturated carbocycles. The maximum absolute atomic E-state index is 13.3. The van der Waals surface area contributed by atoms with Gasteiger partial charge in [-0.15, -0.1) is 0 Å². The number of pyridine rings is 1. The predicted molar refractivity (Wildman–Crippen MR) is 91.5 cm³/mol. The molecule has 4 aromatic rings. The molecule has 2 heterocycles. The van der Waals surface area contributed by atoms with Crippen LogP contribution in [0.25, 0.3) is 27.7 Å². The number of alkyl halides is 3. The van der Waals surface area contributed by atoms with Crippen molar-refractivity contribution in [2.24, 2.45) is 0 Å². The molecule has 0 fully saturated rings. The van der Waals surface area contributed by atoms with Crippen molar-refractivity contribution in [3.63, 3.8) is 0 Å². The van der Waals surface area contributed by atoms with Crippen molar-refractivity contribution in [2.75, 3.05) is 0 Å². The first-order valence-electron chi connectivity index (χ1n) is 7.72. The van der Waals surface area contributed by atoms with Crippen molar-refractivity contribution >= 4 is 10.9 Å². The molecule has 0 atom stereocenters. The number of fused-ring (bicyclic) bond motifs is 1. The number of halogens is 3. The van der Waals surface area contributed by atoms with Crippen LogP contribution in [0.5, 0.6) is 0 Å². The topological polar surface area (TPSA) is 17.8 Å². The van der Waals surface area contributed by atoms with Crippen molar-refractivity contribution in [1.29, 1.82) is 0 Å². The van der Waals surface area contributed by atoms with Crippen LogP contribution in [0.2, 0.25) is 0 Å². The van der Waals surface area contributed by atoms with Gasteiger partial charge in [-0.25, -0.2) is 0 Å². The number of rotatable bonds is 2. The average Bonchev–Trinajstić information content (AvgIpc) is 3.05. The molecule has 0 amide bonds. The van der Waals surface area contributed by atoms with E-state index in [1.165, 1.54) is 12.1 Å². The predicted octanol–water partition coefficient (Wildman–Crippen LogP) is 5.71. The van der Waals surface area contributed by atoms with Gasteiger partial charge in [-0.1, -0.05) is 24.3 Å². The fraction of sp³-hybridized carbons (Fsp3) is 0.0500. The van der Waals surface area contributed by atoms with Crippen molar-refractivity contribution in [3.05, 3.63) is 84.8 Å². The summed E-state index contributed by atoms with van der Waals surface area (Å²) in [6, 6.07) is 16.6. The molecule has 4 rings (SSSR count). The van der Waals surface area contributed by atoms with Crippen LogP contribution in [0, 0.1) is 0 Å². The molecular weight excluding hydrogens is 325 g/mol. The summed E-state index contributed by atoms with van der Waals surface area (Å²) in [5.74, 6) is 0. The van der Waals surface area contributed by atoms with Crippen molar-refractivity contribution in [3.8, 4) is 16.8 Å². The highest BCUT2D eigenvalue weighted by Gasteiger charge is 2.33. The fourth-order valence-electron chi connectivity index (χ4n) is 3.01. The third-order valence-corrected chi connectivity index (χ3v) is 4.16. The van der Waals surface area contributed by atoms with Gasteiger partial charge in [0.2, 0.25) is 0 Å². The fourth-order valence-corrected chi connectivity index (χ4v) is 3.01. The third kappa shape index (κ3) is 2.78. The summed E-state index contributed by atoms with van der Waals surface area (Å²) < 4.78 is 41.7. The third-order valence-electron chi connectivity index (χ3n) is 4.16. The van der Waals surface area contributed by atoms with Gasteiger partial charge in [0, 0.05) is 17.8 Å². The van der Waals surface area contributed by atoms with E-state index in [1.54, 1.807) is 30.6 Å². The zero-order valence-electron chi connectivity index (χ0n) is 13.0. The smallest absolute Gasteiger partial charge is 0.315 e. The van der Waals surface area contributed by atoms with E-state index in [1.807, 2.05) is 35.0 Å². The maximum atomic E-state index is 13.3. The number of aromatic nitrogens is 2. The van der Waals surface area contributed by atoms with Crippen molar-refractivity contribution in [1.82, 2.24) is 9.55 Å². The van der Waals surface area contributed by atoms with Crippen LogP contribution in [0.15, 0.2) is 79.3 Å². The molecule has 0 aliphatic carbocycles. The Kier molecular flexibility index (Phi) is 3.57. The first-order valence-corrected chi connectivity index (χ1v) is 7.72. The SMILES string of the molecule is FC(F)(F)c1ccccc1-c1ccc2c(ccn2-c2cccnc2)c1. The summed E-state index contributed by atoms with van der Waals surface area (Å²) in [6.07, 6.45) is 0.946. The molecule has 0 radical (unpaired) electrons. The van der Waals surface area contributed by atoms with E-state index < -0.39 is 11.7 Å². The van der Waals surface area contributed by atoms with Gasteiger partial charge >= 0.3 is 6.18 Å². The van der Waals surface area contributed by atoms with E-state index in [9.17, 15) is 13.2 Å². The molecule has 0 aliphatic rings. The molecule has 0 bridgehead atoms. The lowest BCUT2D eigenvalue weighted by atomic mass is 9.98. The molecule has 5 heteroatoms. The average molecular weight is 338 g/mol. The van der Waals surface area contributed by atoms with Crippen LogP contribution >= 0.6 is 0 Å². The van der Waals surface area contributed by atoms with Crippen LogP contribution in [0.1, 0.15) is 5.56 Å². The van der Waals surface area contributed by atoms with E-state index in [0.29, 0.717) is 5.56 Å². The monoisotopic (exact) mass is 338 g/mol. The summed E-state index contributed by atoms with van der Waals surface area (Å²) in [6.45, 7) is 0. The summed E-state index contributed by atoms with van der Waals surface area (Å²) in [7, 11) is 0. The Morgan fingerprint density at radius 3 is 2.48 bits per heavy atom. The Hall–Kier alpha value is -3.08. The Morgan fingerprint density at radius 1 is 0.880 bits per heavy atom. The lowest BCUT2D eigenvalue weighted by Gasteiger charge is -2.13. The quantitative estimate of drug-likeness (QED) is 0.458. The van der Waals surface area contributed by atoms with Gasteiger partial charge in [-0.2, -0.15) is 13.2 Å². The number of benzene rings is 2. The Morgan fingerprint density at radius 2 is 1.72 bits per heavy atom. The Balaban J connectivity index is 1.85. The lowest BCUT2D eigenvalue weighted by Crippen LogP contribution is -2.06. The molecule has 0 spiro atoms. The standard InChI is InChI=1S/C20H13F3N2/c21-20(22,23)18-6-2-1-5-17(18)14-7-8-19-15(12-14)9-11-25(19)16-4-3-10-24-13-16/h1-13H. The van der Waals surface area contributed by atoms with Crippen LogP contribution in [-0.4, -0.2) is 9.55 Å². The van der Waals surface area contributed by atoms with Crippen LogP contribution < -0.4 is 0 Å². The van der Waals surface area contributed by atoms with Gasteiger partial charge < -0.3 is 4.57 Å². The first kappa shape index (κ1) is 15.4. The summed E-state index contributed by atoms with van der Waals surface area (Å²) in [5, 5.41) is 0.873. The summed E-state index contributed by atoms with van der Waals surface area (Å²) in [5.41, 5.74) is 1.93. The van der Waals surface area contributed by atoms with Crippen molar-refractivity contribution < 1.29 is 13.2 Å². The highest BCUT2D eigenvalue weighted by Crippen LogP contribution is 2.37. The number of hydrogen-bond acceptors (Lipinski definition) is 1. The van der Waals surface area contributed by atoms with E-state index in [4.69, 9.17) is 0 Å². The molecule has 0 aliphatic heterocycles. The molecule has 0 N–H and O–H groups in total. The Labute approximate surface area is 142 Å². The summed E-state index contributed by atoms with van der Waals surface area (Å²) >= 11 is 0. The number of hydrogen-bond donors (Lipinski definition) is 0. The second-order valence-corrected chi connectivity index (χ2v) is 5.71. The largest absolute Gasteiger partial charge is 0.417 e. The van der Waals surface area contributed by atoms with Gasteiger partial charge in [-0.05, 0) is 47.5 Å². The molecule has 0 unspecified atom stereocenters. The van der Waals surface area contributed by atoms with Gasteiger partial charge in [0.15, 0.2) is 0 Å². The molecule has 2 aromatic heterocycles. The minimum atomic E-state index is -4.38. The van der Waals surface area contributed by atoms with Gasteiger partial charge in [-0.3, -0.25) is 4.98 Å². The van der Waals surface area contributed by atoms with E-state index in [-0.39, 0.29) is 5.56 Å². The van der Waals surface area contributed by atoms with Crippen molar-refractivity contribution in [2.45, 2.75) is 6.18 Å². The highest BCUT2D eigenvalue weighted by molar-refractivity contribution is 5.87. The lowest BCUT2D eigenvalue weighted by molar-refractivity contribution is -0.137. The van der Waals surface area contributed by atoms with E-state index in [0.717, 1.165) is 22.7 Å². The number of nitrogens with zero attached hydrogens (tertiary/aromatic N) is 2. The van der Waals surface area contributed by atoms with Crippen LogP contribution in [0.3, 0.4) is 0 Å². The normalized spacial score (nSPS) is 11.8. The Bertz CT molecular complexity index is 1030. The zero-order valence-corrected chi connectivity index (χ0v) is 13.0. The highest BCUT2D eigenvalue weighted by atomic mass is 19.4. The minimum absolute atomic E-state index is 0.186. The molecule has 0 saturated heterocycles. The molecule has 25 heavy (non-hydrogen) atoms. The molecular formula is C20H13F3N2. The second kappa shape index (κ2) is 5.77. The van der Waals surface area contributed by atoms with Crippen LogP contribution in [-0.2, 0) is 6.18 Å². The first-order chi connectivity index (χ1) is 12.0. The maximum Gasteiger partial charge on any atom is 0.417 e. The molecule has 2 nitrogen and oxygen atoms in total.